The molecule has 0 aromatic rings. The van der Waals surface area contributed by atoms with Crippen LogP contribution in [0.25, 0.3) is 0 Å². The van der Waals surface area contributed by atoms with E-state index in [0.717, 1.165) is 25.2 Å². The van der Waals surface area contributed by atoms with Crippen molar-refractivity contribution >= 4 is 0 Å². The van der Waals surface area contributed by atoms with Crippen molar-refractivity contribution in [3.63, 3.8) is 0 Å². The first kappa shape index (κ1) is 14.7. The van der Waals surface area contributed by atoms with Gasteiger partial charge in [-0.1, -0.05) is 65.5 Å². The molecule has 0 aromatic heterocycles. The normalized spacial score (nSPS) is 56.2. The van der Waals surface area contributed by atoms with Crippen molar-refractivity contribution in [1.82, 2.24) is 0 Å². The van der Waals surface area contributed by atoms with E-state index < -0.39 is 24.2 Å². The molecule has 4 rings (SSSR count). The second-order valence-electron chi connectivity index (χ2n) is 11.4. The molecule has 1 N–H and O–H groups in total. The van der Waals surface area contributed by atoms with Crippen molar-refractivity contribution in [3.05, 3.63) is 11.6 Å². The fraction of sp³-hybridized carbons (Fsp3) is 0.926. The Balaban J connectivity index is 1.65. The van der Waals surface area contributed by atoms with Crippen LogP contribution < -0.4 is 0 Å². The van der Waals surface area contributed by atoms with Gasteiger partial charge in [0.15, 0.2) is 0 Å². The maximum Gasteiger partial charge on any atom is 0.0604 e. The zero-order valence-electron chi connectivity index (χ0n) is 24.8. The molecule has 1 heteroatoms. The molecule has 0 heterocycles. The van der Waals surface area contributed by atoms with E-state index in [-0.39, 0.29) is 35.3 Å². The van der Waals surface area contributed by atoms with Gasteiger partial charge in [-0.2, -0.15) is 0 Å². The number of rotatable bonds is 5. The summed E-state index contributed by atoms with van der Waals surface area (Å²) >= 11 is 0. The number of hydrogen-bond acceptors (Lipinski definition) is 1. The van der Waals surface area contributed by atoms with Gasteiger partial charge in [0.05, 0.1) is 8.82 Å². The molecule has 8 atom stereocenters. The van der Waals surface area contributed by atoms with E-state index in [1.807, 2.05) is 6.92 Å². The molecule has 28 heavy (non-hydrogen) atoms. The van der Waals surface area contributed by atoms with Gasteiger partial charge in [-0.25, -0.2) is 0 Å². The monoisotopic (exact) mass is 392 g/mol. The van der Waals surface area contributed by atoms with E-state index >= 15 is 0 Å². The summed E-state index contributed by atoms with van der Waals surface area (Å²) in [6, 6.07) is 0.215. The topological polar surface area (TPSA) is 20.2 Å². The molecule has 0 aliphatic heterocycles. The number of allylic oxidation sites excluding steroid dienone is 1. The van der Waals surface area contributed by atoms with E-state index in [2.05, 4.69) is 27.7 Å². The average molecular weight is 393 g/mol. The maximum absolute atomic E-state index is 10.7. The highest BCUT2D eigenvalue weighted by Crippen LogP contribution is 2.67. The third-order valence-corrected chi connectivity index (χ3v) is 9.41. The molecule has 0 bridgehead atoms. The lowest BCUT2D eigenvalue weighted by Crippen LogP contribution is -2.50. The Labute approximate surface area is 183 Å². The van der Waals surface area contributed by atoms with E-state index in [0.29, 0.717) is 24.2 Å². The van der Waals surface area contributed by atoms with Crippen LogP contribution in [0, 0.1) is 46.3 Å². The summed E-state index contributed by atoms with van der Waals surface area (Å²) in [5.41, 5.74) is -0.396. The predicted molar refractivity (Wildman–Crippen MR) is 119 cm³/mol. The van der Waals surface area contributed by atoms with Crippen LogP contribution in [0.2, 0.25) is 0 Å². The van der Waals surface area contributed by atoms with Crippen LogP contribution in [0.5, 0.6) is 0 Å². The molecule has 3 saturated carbocycles. The summed E-state index contributed by atoms with van der Waals surface area (Å²) in [6.07, 6.45) is 0.782. The highest BCUT2D eigenvalue weighted by molar-refractivity contribution is 5.25. The van der Waals surface area contributed by atoms with Crippen LogP contribution in [0.4, 0.5) is 0 Å². The lowest BCUT2D eigenvalue weighted by molar-refractivity contribution is -0.0573. The Morgan fingerprint density at radius 3 is 2.71 bits per heavy atom. The van der Waals surface area contributed by atoms with E-state index in [4.69, 9.17) is 8.22 Å². The first-order chi connectivity index (χ1) is 15.5. The number of aliphatic hydroxyl groups is 1. The standard InChI is InChI=1S/C27H46O/c1-18(2)7-6-8-19(3)23-11-12-24-22-10-9-20-17-21(28)13-15-26(20,4)25(22)14-16-27(23,24)5/h9,18-19,21-25,28H,6-8,10-17H2,1-5H3/t19-,21-,22+,23-,24+,25+,26+,27-/m1/s1/i9D,13D2,17D2,21D. The van der Waals surface area contributed by atoms with Crippen molar-refractivity contribution in [2.45, 2.75) is 111 Å². The molecular weight excluding hydrogens is 340 g/mol. The van der Waals surface area contributed by atoms with Gasteiger partial charge in [0.25, 0.3) is 0 Å². The van der Waals surface area contributed by atoms with Crippen LogP contribution in [0.3, 0.4) is 0 Å². The molecule has 0 saturated heterocycles. The van der Waals surface area contributed by atoms with Crippen LogP contribution in [-0.2, 0) is 0 Å². The van der Waals surface area contributed by atoms with Gasteiger partial charge in [0, 0.05) is 5.48 Å². The number of hydrogen-bond donors (Lipinski definition) is 1. The molecule has 4 aliphatic rings. The predicted octanol–water partition coefficient (Wildman–Crippen LogP) is 7.39. The van der Waals surface area contributed by atoms with Crippen LogP contribution >= 0.6 is 0 Å². The molecule has 4 aliphatic carbocycles. The average Bonchev–Trinajstić information content (AvgIpc) is 3.03. The lowest BCUT2D eigenvalue weighted by Gasteiger charge is -2.58. The first-order valence-electron chi connectivity index (χ1n) is 14.9. The summed E-state index contributed by atoms with van der Waals surface area (Å²) in [4.78, 5) is 0. The Morgan fingerprint density at radius 1 is 1.18 bits per heavy atom. The fourth-order valence-electron chi connectivity index (χ4n) is 7.83. The van der Waals surface area contributed by atoms with E-state index in [9.17, 15) is 5.11 Å². The first-order valence-corrected chi connectivity index (χ1v) is 11.9. The molecular formula is C27H46O. The Kier molecular flexibility index (Phi) is 4.06. The second kappa shape index (κ2) is 7.75. The van der Waals surface area contributed by atoms with Crippen molar-refractivity contribution in [2.75, 3.05) is 0 Å². The summed E-state index contributed by atoms with van der Waals surface area (Å²) in [7, 11) is 0. The molecule has 160 valence electrons. The fourth-order valence-corrected chi connectivity index (χ4v) is 7.83. The third-order valence-electron chi connectivity index (χ3n) is 9.41. The van der Waals surface area contributed by atoms with Gasteiger partial charge in [-0.15, -0.1) is 0 Å². The minimum Gasteiger partial charge on any atom is -0.393 e. The Hall–Kier alpha value is -0.300. The molecule has 0 spiro atoms. The SMILES string of the molecule is [2H]C1=C2C([2H])([2H])[C@]([2H])(O)C([2H])([2H])C[C@]2(C)[C@H]2CC[C@]3(C)[C@@H]([C@H](C)CCCC(C)C)CC[C@H]3[C@@H]2C1. The zero-order chi connectivity index (χ0) is 25.5. The minimum absolute atomic E-state index is 0.0865. The van der Waals surface area contributed by atoms with E-state index in [1.165, 1.54) is 25.7 Å². The molecule has 0 amide bonds. The molecule has 0 radical (unpaired) electrons. The van der Waals surface area contributed by atoms with Crippen molar-refractivity contribution in [3.8, 4) is 0 Å². The van der Waals surface area contributed by atoms with Gasteiger partial charge in [0.2, 0.25) is 0 Å². The highest BCUT2D eigenvalue weighted by atomic mass is 16.3. The quantitative estimate of drug-likeness (QED) is 0.484. The summed E-state index contributed by atoms with van der Waals surface area (Å²) in [5.74, 6) is 2.95. The van der Waals surface area contributed by atoms with Gasteiger partial charge in [-0.05, 0) is 97.6 Å². The third kappa shape index (κ3) is 3.42. The Bertz CT molecular complexity index is 835. The smallest absolute Gasteiger partial charge is 0.0604 e. The summed E-state index contributed by atoms with van der Waals surface area (Å²) in [6.45, 7) is 11.4. The largest absolute Gasteiger partial charge is 0.393 e. The summed E-state index contributed by atoms with van der Waals surface area (Å²) in [5, 5.41) is 10.7. The van der Waals surface area contributed by atoms with Gasteiger partial charge < -0.3 is 5.11 Å². The number of fused-ring (bicyclic) bond motifs is 5. The van der Waals surface area contributed by atoms with Crippen molar-refractivity contribution in [1.29, 1.82) is 0 Å². The van der Waals surface area contributed by atoms with Crippen LogP contribution in [-0.4, -0.2) is 11.2 Å². The molecule has 1 nitrogen and oxygen atoms in total. The zero-order valence-corrected chi connectivity index (χ0v) is 18.8. The Morgan fingerprint density at radius 2 is 1.96 bits per heavy atom. The van der Waals surface area contributed by atoms with Crippen LogP contribution in [0.15, 0.2) is 11.6 Å². The lowest BCUT2D eigenvalue weighted by atomic mass is 9.47. The van der Waals surface area contributed by atoms with Gasteiger partial charge in [0.1, 0.15) is 0 Å². The van der Waals surface area contributed by atoms with Crippen LogP contribution in [0.1, 0.15) is 113 Å². The second-order valence-corrected chi connectivity index (χ2v) is 11.4. The molecule has 3 fully saturated rings. The van der Waals surface area contributed by atoms with Crippen molar-refractivity contribution in [2.24, 2.45) is 46.3 Å². The molecule has 0 aromatic carbocycles. The maximum atomic E-state index is 10.7. The van der Waals surface area contributed by atoms with Gasteiger partial charge >= 0.3 is 0 Å². The van der Waals surface area contributed by atoms with Gasteiger partial charge in [-0.3, -0.25) is 0 Å². The van der Waals surface area contributed by atoms with Crippen molar-refractivity contribution < 1.29 is 13.3 Å². The minimum atomic E-state index is -2.89. The highest BCUT2D eigenvalue weighted by Gasteiger charge is 2.59. The summed E-state index contributed by atoms with van der Waals surface area (Å²) < 4.78 is 51.4. The molecule has 0 unspecified atom stereocenters. The van der Waals surface area contributed by atoms with E-state index in [1.54, 1.807) is 0 Å².